The summed E-state index contributed by atoms with van der Waals surface area (Å²) in [7, 11) is 2.94. The van der Waals surface area contributed by atoms with E-state index in [9.17, 15) is 19.1 Å². The highest BCUT2D eigenvalue weighted by Gasteiger charge is 2.46. The number of Topliss-reactive ketones (excluding diaryl/α,β-unsaturated/α-hetero) is 1. The molecule has 2 aromatic carbocycles. The van der Waals surface area contributed by atoms with Crippen LogP contribution in [0.4, 0.5) is 4.39 Å². The first-order valence-electron chi connectivity index (χ1n) is 9.67. The van der Waals surface area contributed by atoms with Crippen molar-refractivity contribution in [2.75, 3.05) is 27.4 Å². The highest BCUT2D eigenvalue weighted by atomic mass is 35.5. The Morgan fingerprint density at radius 1 is 1.19 bits per heavy atom. The fraction of sp³-hybridized carbons (Fsp3) is 0.304. The predicted octanol–water partition coefficient (Wildman–Crippen LogP) is 4.25. The van der Waals surface area contributed by atoms with Crippen LogP contribution in [-0.4, -0.2) is 49.1 Å². The van der Waals surface area contributed by atoms with Crippen molar-refractivity contribution in [3.05, 3.63) is 69.5 Å². The van der Waals surface area contributed by atoms with Crippen LogP contribution in [-0.2, 0) is 14.3 Å². The number of hydrogen-bond donors (Lipinski definition) is 1. The number of aliphatic hydroxyl groups is 1. The molecule has 1 N–H and O–H groups in total. The second-order valence-electron chi connectivity index (χ2n) is 7.22. The van der Waals surface area contributed by atoms with Gasteiger partial charge in [0.1, 0.15) is 17.3 Å². The summed E-state index contributed by atoms with van der Waals surface area (Å²) in [5, 5.41) is 11.4. The highest BCUT2D eigenvalue weighted by molar-refractivity contribution is 6.46. The summed E-state index contributed by atoms with van der Waals surface area (Å²) in [5.74, 6) is -2.24. The van der Waals surface area contributed by atoms with Gasteiger partial charge in [0.05, 0.1) is 29.3 Å². The van der Waals surface area contributed by atoms with E-state index >= 15 is 0 Å². The third-order valence-electron chi connectivity index (χ3n) is 5.12. The third-order valence-corrected chi connectivity index (χ3v) is 5.40. The van der Waals surface area contributed by atoms with E-state index < -0.39 is 29.3 Å². The smallest absolute Gasteiger partial charge is 0.295 e. The van der Waals surface area contributed by atoms with Crippen LogP contribution in [0, 0.1) is 12.7 Å². The molecule has 1 aliphatic heterocycles. The molecule has 1 atom stereocenters. The second-order valence-corrected chi connectivity index (χ2v) is 7.63. The molecule has 1 heterocycles. The second kappa shape index (κ2) is 9.49. The topological polar surface area (TPSA) is 76.1 Å². The van der Waals surface area contributed by atoms with Crippen molar-refractivity contribution in [2.24, 2.45) is 0 Å². The number of likely N-dealkylation sites (tertiary alicyclic amines) is 1. The zero-order valence-corrected chi connectivity index (χ0v) is 18.2. The van der Waals surface area contributed by atoms with E-state index in [1.165, 1.54) is 36.3 Å². The summed E-state index contributed by atoms with van der Waals surface area (Å²) in [4.78, 5) is 27.2. The Morgan fingerprint density at radius 2 is 1.87 bits per heavy atom. The summed E-state index contributed by atoms with van der Waals surface area (Å²) in [6.45, 7) is 2.40. The Labute approximate surface area is 184 Å². The molecule has 2 aromatic rings. The number of hydrogen-bond acceptors (Lipinski definition) is 5. The van der Waals surface area contributed by atoms with Crippen LogP contribution >= 0.6 is 11.6 Å². The van der Waals surface area contributed by atoms with Crippen LogP contribution in [0.25, 0.3) is 5.76 Å². The quantitative estimate of drug-likeness (QED) is 0.297. The average molecular weight is 448 g/mol. The van der Waals surface area contributed by atoms with Crippen LogP contribution in [0.1, 0.15) is 29.2 Å². The lowest BCUT2D eigenvalue weighted by Crippen LogP contribution is -2.31. The molecule has 164 valence electrons. The maximum atomic E-state index is 13.5. The largest absolute Gasteiger partial charge is 0.507 e. The number of benzene rings is 2. The maximum Gasteiger partial charge on any atom is 0.295 e. The number of carbonyl (C=O) groups excluding carboxylic acids is 2. The molecule has 0 spiro atoms. The summed E-state index contributed by atoms with van der Waals surface area (Å²) in [6.07, 6.45) is 0.487. The minimum Gasteiger partial charge on any atom is -0.507 e. The first-order chi connectivity index (χ1) is 14.8. The highest BCUT2D eigenvalue weighted by Crippen LogP contribution is 2.42. The molecule has 0 bridgehead atoms. The van der Waals surface area contributed by atoms with E-state index in [0.29, 0.717) is 18.6 Å². The van der Waals surface area contributed by atoms with E-state index in [2.05, 4.69) is 0 Å². The van der Waals surface area contributed by atoms with Crippen molar-refractivity contribution >= 4 is 29.1 Å². The minimum absolute atomic E-state index is 0.103. The van der Waals surface area contributed by atoms with Gasteiger partial charge in [-0.05, 0) is 48.7 Å². The van der Waals surface area contributed by atoms with Crippen molar-refractivity contribution in [1.82, 2.24) is 4.90 Å². The number of rotatable bonds is 7. The lowest BCUT2D eigenvalue weighted by molar-refractivity contribution is -0.140. The van der Waals surface area contributed by atoms with Crippen molar-refractivity contribution in [3.8, 4) is 5.75 Å². The van der Waals surface area contributed by atoms with Gasteiger partial charge in [-0.15, -0.1) is 0 Å². The van der Waals surface area contributed by atoms with Gasteiger partial charge in [-0.2, -0.15) is 0 Å². The molecule has 0 radical (unpaired) electrons. The molecule has 3 rings (SSSR count). The molecule has 8 heteroatoms. The number of carbonyl (C=O) groups is 2. The van der Waals surface area contributed by atoms with Crippen LogP contribution in [0.5, 0.6) is 5.75 Å². The number of amides is 1. The summed E-state index contributed by atoms with van der Waals surface area (Å²) >= 11 is 6.26. The third kappa shape index (κ3) is 4.43. The summed E-state index contributed by atoms with van der Waals surface area (Å²) in [5.41, 5.74) is 1.33. The number of ketones is 1. The SMILES string of the molecule is COCCCN1C(=O)C(=O)/C(=C(/O)c2cc(C)cc(Cl)c2OC)C1c1ccc(F)cc1. The average Bonchev–Trinajstić information content (AvgIpc) is 2.98. The van der Waals surface area contributed by atoms with Gasteiger partial charge < -0.3 is 19.5 Å². The van der Waals surface area contributed by atoms with E-state index in [1.807, 2.05) is 0 Å². The molecule has 1 saturated heterocycles. The van der Waals surface area contributed by atoms with E-state index in [4.69, 9.17) is 21.1 Å². The Balaban J connectivity index is 2.21. The van der Waals surface area contributed by atoms with E-state index in [-0.39, 0.29) is 28.5 Å². The van der Waals surface area contributed by atoms with Crippen molar-refractivity contribution < 1.29 is 28.6 Å². The van der Waals surface area contributed by atoms with Crippen molar-refractivity contribution in [1.29, 1.82) is 0 Å². The summed E-state index contributed by atoms with van der Waals surface area (Å²) in [6, 6.07) is 7.87. The van der Waals surface area contributed by atoms with E-state index in [1.54, 1.807) is 26.2 Å². The lowest BCUT2D eigenvalue weighted by Gasteiger charge is -2.25. The molecule has 0 aliphatic carbocycles. The normalized spacial score (nSPS) is 18.0. The van der Waals surface area contributed by atoms with Crippen LogP contribution in [0.15, 0.2) is 42.0 Å². The molecule has 1 unspecified atom stereocenters. The first-order valence-corrected chi connectivity index (χ1v) is 10.0. The van der Waals surface area contributed by atoms with Gasteiger partial charge in [-0.25, -0.2) is 4.39 Å². The van der Waals surface area contributed by atoms with Crippen LogP contribution in [0.2, 0.25) is 5.02 Å². The number of aryl methyl sites for hydroxylation is 1. The maximum absolute atomic E-state index is 13.5. The van der Waals surface area contributed by atoms with Gasteiger partial charge in [0.2, 0.25) is 0 Å². The van der Waals surface area contributed by atoms with Crippen LogP contribution < -0.4 is 4.74 Å². The number of ether oxygens (including phenoxy) is 2. The summed E-state index contributed by atoms with van der Waals surface area (Å²) < 4.78 is 23.9. The van der Waals surface area contributed by atoms with Crippen LogP contribution in [0.3, 0.4) is 0 Å². The first kappa shape index (κ1) is 22.8. The Hall–Kier alpha value is -2.90. The number of nitrogens with zero attached hydrogens (tertiary/aromatic N) is 1. The number of aliphatic hydroxyl groups excluding tert-OH is 1. The molecule has 31 heavy (non-hydrogen) atoms. The number of halogens is 2. The van der Waals surface area contributed by atoms with Crippen molar-refractivity contribution in [2.45, 2.75) is 19.4 Å². The molecular formula is C23H23ClFNO5. The zero-order chi connectivity index (χ0) is 22.7. The Kier molecular flexibility index (Phi) is 6.97. The zero-order valence-electron chi connectivity index (χ0n) is 17.4. The fourth-order valence-corrected chi connectivity index (χ4v) is 4.09. The molecule has 0 saturated carbocycles. The standard InChI is InChI=1S/C23H23ClFNO5/c1-13-11-16(22(31-3)17(24)12-13)20(27)18-19(14-5-7-15(25)8-6-14)26(9-4-10-30-2)23(29)21(18)28/h5-8,11-12,19,27H,4,9-10H2,1-3H3/b20-18+. The fourth-order valence-electron chi connectivity index (χ4n) is 3.74. The minimum atomic E-state index is -0.888. The van der Waals surface area contributed by atoms with Gasteiger partial charge in [-0.3, -0.25) is 9.59 Å². The van der Waals surface area contributed by atoms with Crippen molar-refractivity contribution in [3.63, 3.8) is 0 Å². The molecule has 1 aliphatic rings. The number of methoxy groups -OCH3 is 2. The van der Waals surface area contributed by atoms with E-state index in [0.717, 1.165) is 5.56 Å². The van der Waals surface area contributed by atoms with Gasteiger partial charge in [0, 0.05) is 20.3 Å². The van der Waals surface area contributed by atoms with Gasteiger partial charge in [0.25, 0.3) is 11.7 Å². The van der Waals surface area contributed by atoms with Gasteiger partial charge in [-0.1, -0.05) is 23.7 Å². The van der Waals surface area contributed by atoms with Gasteiger partial charge >= 0.3 is 0 Å². The Bertz CT molecular complexity index is 1040. The molecule has 1 fully saturated rings. The molecule has 0 aromatic heterocycles. The monoisotopic (exact) mass is 447 g/mol. The molecule has 6 nitrogen and oxygen atoms in total. The molecule has 1 amide bonds. The predicted molar refractivity (Wildman–Crippen MR) is 115 cm³/mol. The van der Waals surface area contributed by atoms with Gasteiger partial charge in [0.15, 0.2) is 0 Å². The molecular weight excluding hydrogens is 425 g/mol. The lowest BCUT2D eigenvalue weighted by atomic mass is 9.94. The Morgan fingerprint density at radius 3 is 2.48 bits per heavy atom.